The number of carbonyl (C=O) groups excluding carboxylic acids is 1. The van der Waals surface area contributed by atoms with Crippen molar-refractivity contribution in [3.63, 3.8) is 0 Å². The van der Waals surface area contributed by atoms with Gasteiger partial charge in [-0.3, -0.25) is 0 Å². The minimum atomic E-state index is 0.0652. The number of nitrogens with two attached hydrogens (primary N) is 1. The summed E-state index contributed by atoms with van der Waals surface area (Å²) in [4.78, 5) is 16.0. The quantitative estimate of drug-likeness (QED) is 0.345. The van der Waals surface area contributed by atoms with Gasteiger partial charge in [0.1, 0.15) is 5.84 Å². The molecule has 1 heterocycles. The van der Waals surface area contributed by atoms with Crippen molar-refractivity contribution in [2.75, 3.05) is 19.6 Å². The van der Waals surface area contributed by atoms with E-state index in [2.05, 4.69) is 5.16 Å². The molecule has 1 saturated heterocycles. The molecular weight excluding hydrogens is 232 g/mol. The normalized spacial score (nSPS) is 17.1. The van der Waals surface area contributed by atoms with Gasteiger partial charge in [-0.05, 0) is 33.1 Å². The molecule has 1 fully saturated rings. The molecule has 104 valence electrons. The van der Waals surface area contributed by atoms with E-state index in [0.717, 1.165) is 25.9 Å². The molecule has 0 aromatic carbocycles. The fourth-order valence-corrected chi connectivity index (χ4v) is 2.13. The van der Waals surface area contributed by atoms with E-state index in [1.54, 1.807) is 4.90 Å². The van der Waals surface area contributed by atoms with Crippen LogP contribution in [0.4, 0.5) is 4.79 Å². The lowest BCUT2D eigenvalue weighted by molar-refractivity contribution is 0.133. The third kappa shape index (κ3) is 4.09. The molecule has 0 aromatic heterocycles. The summed E-state index contributed by atoms with van der Waals surface area (Å²) in [5.74, 6) is 0.159. The number of likely N-dealkylation sites (tertiary alicyclic amines) is 1. The molecule has 1 aliphatic heterocycles. The second-order valence-electron chi connectivity index (χ2n) is 4.96. The summed E-state index contributed by atoms with van der Waals surface area (Å²) in [5.41, 5.74) is 5.45. The smallest absolute Gasteiger partial charge is 0.320 e. The van der Waals surface area contributed by atoms with Gasteiger partial charge in [0.25, 0.3) is 0 Å². The molecule has 0 bridgehead atoms. The first-order valence-corrected chi connectivity index (χ1v) is 6.58. The lowest BCUT2D eigenvalue weighted by atomic mass is 10.1. The molecule has 1 aliphatic rings. The van der Waals surface area contributed by atoms with Crippen molar-refractivity contribution in [3.8, 4) is 0 Å². The van der Waals surface area contributed by atoms with Crippen LogP contribution in [-0.4, -0.2) is 52.5 Å². The molecule has 0 saturated carbocycles. The van der Waals surface area contributed by atoms with E-state index >= 15 is 0 Å². The molecule has 0 unspecified atom stereocenters. The summed E-state index contributed by atoms with van der Waals surface area (Å²) in [6.45, 7) is 6.13. The van der Waals surface area contributed by atoms with Crippen molar-refractivity contribution in [2.24, 2.45) is 10.9 Å². The van der Waals surface area contributed by atoms with Crippen LogP contribution in [0.2, 0.25) is 0 Å². The van der Waals surface area contributed by atoms with Crippen molar-refractivity contribution in [3.05, 3.63) is 0 Å². The zero-order valence-corrected chi connectivity index (χ0v) is 11.3. The summed E-state index contributed by atoms with van der Waals surface area (Å²) < 4.78 is 0. The van der Waals surface area contributed by atoms with Gasteiger partial charge in [-0.15, -0.1) is 0 Å². The van der Waals surface area contributed by atoms with Crippen molar-refractivity contribution in [2.45, 2.75) is 45.6 Å². The van der Waals surface area contributed by atoms with Crippen molar-refractivity contribution < 1.29 is 10.0 Å². The Morgan fingerprint density at radius 1 is 1.39 bits per heavy atom. The van der Waals surface area contributed by atoms with Crippen LogP contribution in [0, 0.1) is 0 Å². The van der Waals surface area contributed by atoms with Crippen LogP contribution in [0.5, 0.6) is 0 Å². The number of rotatable bonds is 4. The van der Waals surface area contributed by atoms with Gasteiger partial charge in [-0.2, -0.15) is 0 Å². The monoisotopic (exact) mass is 256 g/mol. The largest absolute Gasteiger partial charge is 0.409 e. The number of nitrogens with zero attached hydrogens (tertiary/aromatic N) is 3. The van der Waals surface area contributed by atoms with Gasteiger partial charge < -0.3 is 20.7 Å². The Morgan fingerprint density at radius 3 is 2.50 bits per heavy atom. The molecule has 6 nitrogen and oxygen atoms in total. The molecule has 0 aliphatic carbocycles. The maximum Gasteiger partial charge on any atom is 0.320 e. The average Bonchev–Trinajstić information content (AvgIpc) is 2.39. The topological polar surface area (TPSA) is 82.2 Å². The highest BCUT2D eigenvalue weighted by atomic mass is 16.4. The first-order chi connectivity index (χ1) is 8.56. The van der Waals surface area contributed by atoms with Crippen molar-refractivity contribution in [1.82, 2.24) is 9.80 Å². The van der Waals surface area contributed by atoms with Gasteiger partial charge in [-0.25, -0.2) is 4.79 Å². The van der Waals surface area contributed by atoms with Crippen LogP contribution in [-0.2, 0) is 0 Å². The molecule has 0 atom stereocenters. The number of piperidine rings is 1. The van der Waals surface area contributed by atoms with Crippen LogP contribution >= 0.6 is 0 Å². The summed E-state index contributed by atoms with van der Waals surface area (Å²) in [5, 5.41) is 11.5. The molecule has 2 amide bonds. The maximum absolute atomic E-state index is 12.3. The zero-order chi connectivity index (χ0) is 13.5. The number of amides is 2. The minimum absolute atomic E-state index is 0.0652. The Labute approximate surface area is 108 Å². The third-order valence-corrected chi connectivity index (χ3v) is 3.23. The first-order valence-electron chi connectivity index (χ1n) is 6.58. The lowest BCUT2D eigenvalue weighted by Gasteiger charge is -2.35. The summed E-state index contributed by atoms with van der Waals surface area (Å²) in [7, 11) is 0. The molecule has 6 heteroatoms. The van der Waals surface area contributed by atoms with Crippen LogP contribution in [0.1, 0.15) is 39.5 Å². The number of amidine groups is 1. The maximum atomic E-state index is 12.3. The fourth-order valence-electron chi connectivity index (χ4n) is 2.13. The highest BCUT2D eigenvalue weighted by Crippen LogP contribution is 2.13. The molecule has 0 aromatic rings. The molecule has 0 radical (unpaired) electrons. The van der Waals surface area contributed by atoms with Gasteiger partial charge in [-0.1, -0.05) is 5.16 Å². The molecule has 0 spiro atoms. The van der Waals surface area contributed by atoms with Gasteiger partial charge in [0.05, 0.1) is 0 Å². The predicted molar refractivity (Wildman–Crippen MR) is 70.7 cm³/mol. The van der Waals surface area contributed by atoms with E-state index < -0.39 is 0 Å². The van der Waals surface area contributed by atoms with E-state index in [-0.39, 0.29) is 17.9 Å². The van der Waals surface area contributed by atoms with E-state index in [1.165, 1.54) is 6.42 Å². The van der Waals surface area contributed by atoms with Gasteiger partial charge >= 0.3 is 6.03 Å². The molecular formula is C12H24N4O2. The first kappa shape index (κ1) is 14.6. The lowest BCUT2D eigenvalue weighted by Crippen LogP contribution is -2.49. The van der Waals surface area contributed by atoms with E-state index in [4.69, 9.17) is 10.9 Å². The Kier molecular flexibility index (Phi) is 5.74. The summed E-state index contributed by atoms with van der Waals surface area (Å²) >= 11 is 0. The average molecular weight is 256 g/mol. The van der Waals surface area contributed by atoms with Crippen LogP contribution in [0.15, 0.2) is 5.16 Å². The molecule has 3 N–H and O–H groups in total. The summed E-state index contributed by atoms with van der Waals surface area (Å²) in [6.07, 6.45) is 3.76. The van der Waals surface area contributed by atoms with E-state index in [0.29, 0.717) is 13.0 Å². The Balaban J connectivity index is 2.57. The number of urea groups is 1. The highest BCUT2D eigenvalue weighted by Gasteiger charge is 2.24. The number of hydrogen-bond acceptors (Lipinski definition) is 3. The molecule has 1 rings (SSSR count). The standard InChI is InChI=1S/C12H24N4O2/c1-10(2)16(9-6-11(13)14-18)12(17)15-7-4-3-5-8-15/h10,18H,3-9H2,1-2H3,(H2,13,14). The second-order valence-corrected chi connectivity index (χ2v) is 4.96. The van der Waals surface area contributed by atoms with Crippen LogP contribution in [0.3, 0.4) is 0 Å². The minimum Gasteiger partial charge on any atom is -0.409 e. The SMILES string of the molecule is CC(C)N(CCC(N)=NO)C(=O)N1CCCCC1. The predicted octanol–water partition coefficient (Wildman–Crippen LogP) is 1.44. The number of oxime groups is 1. The third-order valence-electron chi connectivity index (χ3n) is 3.23. The van der Waals surface area contributed by atoms with Gasteiger partial charge in [0, 0.05) is 32.1 Å². The van der Waals surface area contributed by atoms with E-state index in [1.807, 2.05) is 18.7 Å². The number of hydrogen-bond donors (Lipinski definition) is 2. The van der Waals surface area contributed by atoms with Crippen molar-refractivity contribution >= 4 is 11.9 Å². The van der Waals surface area contributed by atoms with Gasteiger partial charge in [0.2, 0.25) is 0 Å². The van der Waals surface area contributed by atoms with Crippen LogP contribution in [0.25, 0.3) is 0 Å². The highest BCUT2D eigenvalue weighted by molar-refractivity contribution is 5.81. The van der Waals surface area contributed by atoms with E-state index in [9.17, 15) is 4.79 Å². The van der Waals surface area contributed by atoms with Gasteiger partial charge in [0.15, 0.2) is 0 Å². The Morgan fingerprint density at radius 2 is 2.00 bits per heavy atom. The Hall–Kier alpha value is -1.46. The Bertz CT molecular complexity index is 298. The second kappa shape index (κ2) is 7.08. The number of carbonyl (C=O) groups is 1. The van der Waals surface area contributed by atoms with Crippen LogP contribution < -0.4 is 5.73 Å². The summed E-state index contributed by atoms with van der Waals surface area (Å²) in [6, 6.07) is 0.182. The molecule has 18 heavy (non-hydrogen) atoms. The fraction of sp³-hybridized carbons (Fsp3) is 0.833. The zero-order valence-electron chi connectivity index (χ0n) is 11.3. The van der Waals surface area contributed by atoms with Crippen molar-refractivity contribution in [1.29, 1.82) is 0 Å².